The summed E-state index contributed by atoms with van der Waals surface area (Å²) in [5.74, 6) is -0.604. The molecule has 0 fully saturated rings. The highest BCUT2D eigenvalue weighted by atomic mass is 19.1. The van der Waals surface area contributed by atoms with Crippen LogP contribution in [-0.4, -0.2) is 12.9 Å². The Labute approximate surface area is 111 Å². The second kappa shape index (κ2) is 5.96. The highest BCUT2D eigenvalue weighted by Gasteiger charge is 2.07. The normalized spacial score (nSPS) is 10.6. The van der Waals surface area contributed by atoms with Gasteiger partial charge >= 0.3 is 0 Å². The molecule has 2 aromatic rings. The molecule has 19 heavy (non-hydrogen) atoms. The minimum absolute atomic E-state index is 0.0685. The molecule has 0 bridgehead atoms. The second-order valence-corrected chi connectivity index (χ2v) is 3.96. The molecule has 2 nitrogen and oxygen atoms in total. The van der Waals surface area contributed by atoms with E-state index in [1.807, 2.05) is 30.3 Å². The molecule has 0 aliphatic rings. The van der Waals surface area contributed by atoms with Crippen molar-refractivity contribution in [2.45, 2.75) is 0 Å². The van der Waals surface area contributed by atoms with E-state index < -0.39 is 5.82 Å². The number of carbonyl (C=O) groups excluding carboxylic acids is 1. The van der Waals surface area contributed by atoms with Crippen LogP contribution in [0.4, 0.5) is 4.39 Å². The minimum atomic E-state index is -0.480. The number of rotatable bonds is 4. The zero-order chi connectivity index (χ0) is 13.7. The summed E-state index contributed by atoms with van der Waals surface area (Å²) in [7, 11) is 1.37. The van der Waals surface area contributed by atoms with Crippen molar-refractivity contribution >= 4 is 11.9 Å². The van der Waals surface area contributed by atoms with Crippen molar-refractivity contribution < 1.29 is 13.9 Å². The number of hydrogen-bond donors (Lipinski definition) is 0. The van der Waals surface area contributed by atoms with Gasteiger partial charge in [0, 0.05) is 5.56 Å². The molecule has 0 spiro atoms. The standard InChI is InChI=1S/C16H13FO2/c1-19-16-11-13(8-9-14(16)17)15(18)10-7-12-5-3-2-4-6-12/h2-11H,1H3/b10-7+. The van der Waals surface area contributed by atoms with E-state index in [1.165, 1.54) is 31.4 Å². The van der Waals surface area contributed by atoms with Crippen LogP contribution in [0.25, 0.3) is 6.08 Å². The molecule has 2 rings (SSSR count). The average molecular weight is 256 g/mol. The first kappa shape index (κ1) is 13.0. The van der Waals surface area contributed by atoms with Crippen LogP contribution in [0.15, 0.2) is 54.6 Å². The molecule has 0 saturated carbocycles. The van der Waals surface area contributed by atoms with Gasteiger partial charge in [0.25, 0.3) is 0 Å². The molecule has 3 heteroatoms. The molecular formula is C16H13FO2. The fourth-order valence-corrected chi connectivity index (χ4v) is 1.65. The summed E-state index contributed by atoms with van der Waals surface area (Å²) >= 11 is 0. The van der Waals surface area contributed by atoms with Crippen LogP contribution in [0.2, 0.25) is 0 Å². The van der Waals surface area contributed by atoms with Gasteiger partial charge in [-0.25, -0.2) is 4.39 Å². The zero-order valence-corrected chi connectivity index (χ0v) is 10.5. The second-order valence-electron chi connectivity index (χ2n) is 3.96. The summed E-state index contributed by atoms with van der Waals surface area (Å²) in [6.45, 7) is 0. The summed E-state index contributed by atoms with van der Waals surface area (Å²) < 4.78 is 18.1. The lowest BCUT2D eigenvalue weighted by Crippen LogP contribution is -1.97. The van der Waals surface area contributed by atoms with Crippen molar-refractivity contribution in [2.24, 2.45) is 0 Å². The topological polar surface area (TPSA) is 26.3 Å². The van der Waals surface area contributed by atoms with Crippen molar-refractivity contribution in [3.63, 3.8) is 0 Å². The van der Waals surface area contributed by atoms with Crippen LogP contribution >= 0.6 is 0 Å². The fourth-order valence-electron chi connectivity index (χ4n) is 1.65. The minimum Gasteiger partial charge on any atom is -0.494 e. The Hall–Kier alpha value is -2.42. The molecule has 0 aromatic heterocycles. The summed E-state index contributed by atoms with van der Waals surface area (Å²) in [6.07, 6.45) is 3.18. The zero-order valence-electron chi connectivity index (χ0n) is 10.5. The third-order valence-electron chi connectivity index (χ3n) is 2.66. The number of carbonyl (C=O) groups is 1. The first-order valence-electron chi connectivity index (χ1n) is 5.81. The Morgan fingerprint density at radius 2 is 1.89 bits per heavy atom. The number of hydrogen-bond acceptors (Lipinski definition) is 2. The summed E-state index contributed by atoms with van der Waals surface area (Å²) in [4.78, 5) is 11.9. The van der Waals surface area contributed by atoms with Crippen LogP contribution in [0.5, 0.6) is 5.75 Å². The SMILES string of the molecule is COc1cc(C(=O)/C=C/c2ccccc2)ccc1F. The van der Waals surface area contributed by atoms with Crippen molar-refractivity contribution in [3.05, 3.63) is 71.6 Å². The van der Waals surface area contributed by atoms with E-state index in [9.17, 15) is 9.18 Å². The van der Waals surface area contributed by atoms with E-state index in [1.54, 1.807) is 6.08 Å². The number of halogens is 1. The molecule has 96 valence electrons. The smallest absolute Gasteiger partial charge is 0.185 e. The number of methoxy groups -OCH3 is 1. The number of ketones is 1. The highest BCUT2D eigenvalue weighted by Crippen LogP contribution is 2.19. The van der Waals surface area contributed by atoms with E-state index in [4.69, 9.17) is 4.74 Å². The molecule has 0 amide bonds. The van der Waals surface area contributed by atoms with Crippen LogP contribution in [0, 0.1) is 5.82 Å². The van der Waals surface area contributed by atoms with Crippen molar-refractivity contribution in [1.82, 2.24) is 0 Å². The van der Waals surface area contributed by atoms with E-state index in [0.29, 0.717) is 5.56 Å². The lowest BCUT2D eigenvalue weighted by Gasteiger charge is -2.03. The lowest BCUT2D eigenvalue weighted by atomic mass is 10.1. The van der Waals surface area contributed by atoms with Crippen LogP contribution in [0.3, 0.4) is 0 Å². The predicted molar refractivity (Wildman–Crippen MR) is 72.8 cm³/mol. The Morgan fingerprint density at radius 3 is 2.58 bits per heavy atom. The molecule has 0 saturated heterocycles. The Bertz CT molecular complexity index is 603. The van der Waals surface area contributed by atoms with E-state index in [-0.39, 0.29) is 11.5 Å². The maximum absolute atomic E-state index is 13.2. The predicted octanol–water partition coefficient (Wildman–Crippen LogP) is 3.73. The monoisotopic (exact) mass is 256 g/mol. The maximum atomic E-state index is 13.2. The molecular weight excluding hydrogens is 243 g/mol. The molecule has 0 aliphatic carbocycles. The highest BCUT2D eigenvalue weighted by molar-refractivity contribution is 6.07. The van der Waals surface area contributed by atoms with Gasteiger partial charge in [-0.2, -0.15) is 0 Å². The van der Waals surface area contributed by atoms with Gasteiger partial charge in [-0.1, -0.05) is 36.4 Å². The average Bonchev–Trinajstić information content (AvgIpc) is 2.46. The Morgan fingerprint density at radius 1 is 1.16 bits per heavy atom. The Balaban J connectivity index is 2.18. The largest absolute Gasteiger partial charge is 0.494 e. The van der Waals surface area contributed by atoms with Crippen LogP contribution in [0.1, 0.15) is 15.9 Å². The lowest BCUT2D eigenvalue weighted by molar-refractivity contribution is 0.104. The van der Waals surface area contributed by atoms with Crippen LogP contribution in [-0.2, 0) is 0 Å². The quantitative estimate of drug-likeness (QED) is 0.615. The molecule has 0 heterocycles. The summed E-state index contributed by atoms with van der Waals surface area (Å²) in [5, 5.41) is 0. The molecule has 0 radical (unpaired) electrons. The third kappa shape index (κ3) is 3.28. The van der Waals surface area contributed by atoms with Crippen molar-refractivity contribution in [2.75, 3.05) is 7.11 Å². The summed E-state index contributed by atoms with van der Waals surface area (Å²) in [6, 6.07) is 13.6. The molecule has 0 aliphatic heterocycles. The summed E-state index contributed by atoms with van der Waals surface area (Å²) in [5.41, 5.74) is 1.33. The maximum Gasteiger partial charge on any atom is 0.185 e. The van der Waals surface area contributed by atoms with Gasteiger partial charge in [-0.15, -0.1) is 0 Å². The number of allylic oxidation sites excluding steroid dienone is 1. The van der Waals surface area contributed by atoms with Gasteiger partial charge in [-0.05, 0) is 29.8 Å². The van der Waals surface area contributed by atoms with Gasteiger partial charge < -0.3 is 4.74 Å². The van der Waals surface area contributed by atoms with E-state index in [0.717, 1.165) is 5.56 Å². The fraction of sp³-hybridized carbons (Fsp3) is 0.0625. The van der Waals surface area contributed by atoms with Crippen molar-refractivity contribution in [1.29, 1.82) is 0 Å². The number of ether oxygens (including phenoxy) is 1. The first-order valence-corrected chi connectivity index (χ1v) is 5.81. The van der Waals surface area contributed by atoms with Gasteiger partial charge in [0.15, 0.2) is 17.3 Å². The van der Waals surface area contributed by atoms with Gasteiger partial charge in [0.1, 0.15) is 0 Å². The Kier molecular flexibility index (Phi) is 4.08. The van der Waals surface area contributed by atoms with Gasteiger partial charge in [-0.3, -0.25) is 4.79 Å². The van der Waals surface area contributed by atoms with Gasteiger partial charge in [0.2, 0.25) is 0 Å². The molecule has 0 unspecified atom stereocenters. The third-order valence-corrected chi connectivity index (χ3v) is 2.66. The van der Waals surface area contributed by atoms with Crippen LogP contribution < -0.4 is 4.74 Å². The number of benzene rings is 2. The molecule has 0 N–H and O–H groups in total. The van der Waals surface area contributed by atoms with E-state index >= 15 is 0 Å². The van der Waals surface area contributed by atoms with Crippen molar-refractivity contribution in [3.8, 4) is 5.75 Å². The van der Waals surface area contributed by atoms with Gasteiger partial charge in [0.05, 0.1) is 7.11 Å². The molecule has 0 atom stereocenters. The molecule has 2 aromatic carbocycles. The first-order chi connectivity index (χ1) is 9.20. The van der Waals surface area contributed by atoms with E-state index in [2.05, 4.69) is 0 Å².